The van der Waals surface area contributed by atoms with Crippen LogP contribution in [0.1, 0.15) is 12.5 Å². The summed E-state index contributed by atoms with van der Waals surface area (Å²) in [5, 5.41) is 1.77. The average Bonchev–Trinajstić information content (AvgIpc) is 2.83. The lowest BCUT2D eigenvalue weighted by Gasteiger charge is -2.13. The van der Waals surface area contributed by atoms with E-state index in [0.717, 1.165) is 11.8 Å². The van der Waals surface area contributed by atoms with Gasteiger partial charge >= 0.3 is 5.97 Å². The van der Waals surface area contributed by atoms with E-state index in [1.807, 2.05) is 0 Å². The Kier molecular flexibility index (Phi) is 6.27. The van der Waals surface area contributed by atoms with Crippen LogP contribution < -0.4 is 14.8 Å². The first-order valence-corrected chi connectivity index (χ1v) is 8.46. The van der Waals surface area contributed by atoms with Crippen molar-refractivity contribution in [3.63, 3.8) is 0 Å². The van der Waals surface area contributed by atoms with Gasteiger partial charge in [0.2, 0.25) is 0 Å². The highest BCUT2D eigenvalue weighted by molar-refractivity contribution is 9.10. The monoisotopic (exact) mass is 415 g/mol. The number of benzene rings is 1. The van der Waals surface area contributed by atoms with Gasteiger partial charge in [-0.25, -0.2) is 4.79 Å². The number of thioether (sulfide) groups is 1. The Labute approximate surface area is 150 Å². The molecule has 1 aromatic carbocycles. The van der Waals surface area contributed by atoms with Crippen LogP contribution >= 0.6 is 27.7 Å². The Hall–Kier alpha value is -2.00. The number of nitrogens with one attached hydrogen (secondary N) is 1. The smallest absolute Gasteiger partial charge is 0.344 e. The number of methoxy groups -OCH3 is 1. The number of rotatable bonds is 6. The summed E-state index contributed by atoms with van der Waals surface area (Å²) in [5.74, 6) is -0.222. The minimum atomic E-state index is -0.491. The fraction of sp³-hybridized carbons (Fsp3) is 0.267. The molecule has 0 bridgehead atoms. The minimum Gasteiger partial charge on any atom is -0.493 e. The van der Waals surface area contributed by atoms with Gasteiger partial charge in [0, 0.05) is 0 Å². The molecule has 1 aliphatic rings. The van der Waals surface area contributed by atoms with Gasteiger partial charge in [-0.3, -0.25) is 14.9 Å². The standard InChI is InChI=1S/C15H14BrNO6S/c1-3-22-12(18)7-23-13-9(16)4-8(5-10(13)21-2)6-11-14(19)17-15(20)24-11/h4-6H,3,7H2,1-2H3,(H,17,19,20)/b11-6-. The molecule has 2 amide bonds. The minimum absolute atomic E-state index is 0.254. The zero-order valence-electron chi connectivity index (χ0n) is 12.9. The van der Waals surface area contributed by atoms with Gasteiger partial charge in [0.05, 0.1) is 23.1 Å². The molecular formula is C15H14BrNO6S. The van der Waals surface area contributed by atoms with E-state index in [1.165, 1.54) is 7.11 Å². The molecule has 0 atom stereocenters. The van der Waals surface area contributed by atoms with Crippen LogP contribution in [0.4, 0.5) is 4.79 Å². The maximum Gasteiger partial charge on any atom is 0.344 e. The molecule has 128 valence electrons. The molecule has 1 aliphatic heterocycles. The number of amides is 2. The SMILES string of the molecule is CCOC(=O)COc1c(Br)cc(/C=C2\SC(=O)NC2=O)cc1OC. The van der Waals surface area contributed by atoms with Crippen LogP contribution in [0.15, 0.2) is 21.5 Å². The molecule has 9 heteroatoms. The van der Waals surface area contributed by atoms with Gasteiger partial charge in [-0.15, -0.1) is 0 Å². The molecule has 1 saturated heterocycles. The van der Waals surface area contributed by atoms with Crippen LogP contribution in [0.2, 0.25) is 0 Å². The number of hydrogen-bond acceptors (Lipinski definition) is 7. The van der Waals surface area contributed by atoms with Gasteiger partial charge in [-0.1, -0.05) is 0 Å². The lowest BCUT2D eigenvalue weighted by atomic mass is 10.2. The number of hydrogen-bond donors (Lipinski definition) is 1. The molecule has 7 nitrogen and oxygen atoms in total. The summed E-state index contributed by atoms with van der Waals surface area (Å²) in [6.07, 6.45) is 1.56. The van der Waals surface area contributed by atoms with E-state index in [1.54, 1.807) is 25.1 Å². The van der Waals surface area contributed by atoms with Gasteiger partial charge in [-0.05, 0) is 58.4 Å². The van der Waals surface area contributed by atoms with Crippen LogP contribution in [-0.2, 0) is 14.3 Å². The van der Waals surface area contributed by atoms with Crippen LogP contribution in [-0.4, -0.2) is 37.4 Å². The Morgan fingerprint density at radius 3 is 2.71 bits per heavy atom. The maximum atomic E-state index is 11.6. The lowest BCUT2D eigenvalue weighted by molar-refractivity contribution is -0.145. The third-order valence-electron chi connectivity index (χ3n) is 2.83. The Bertz CT molecular complexity index is 718. The average molecular weight is 416 g/mol. The molecule has 0 aromatic heterocycles. The van der Waals surface area contributed by atoms with Crippen molar-refractivity contribution >= 4 is 50.9 Å². The van der Waals surface area contributed by atoms with Gasteiger partial charge in [-0.2, -0.15) is 0 Å². The van der Waals surface area contributed by atoms with Crippen molar-refractivity contribution in [2.75, 3.05) is 20.3 Å². The maximum absolute atomic E-state index is 11.6. The molecular weight excluding hydrogens is 402 g/mol. The highest BCUT2D eigenvalue weighted by Gasteiger charge is 2.25. The van der Waals surface area contributed by atoms with Crippen molar-refractivity contribution in [1.29, 1.82) is 0 Å². The molecule has 2 rings (SSSR count). The van der Waals surface area contributed by atoms with Crippen molar-refractivity contribution in [3.8, 4) is 11.5 Å². The Morgan fingerprint density at radius 1 is 1.38 bits per heavy atom. The van der Waals surface area contributed by atoms with Crippen molar-refractivity contribution < 1.29 is 28.6 Å². The third-order valence-corrected chi connectivity index (χ3v) is 4.23. The van der Waals surface area contributed by atoms with E-state index >= 15 is 0 Å². The molecule has 0 aliphatic carbocycles. The van der Waals surface area contributed by atoms with Gasteiger partial charge in [0.15, 0.2) is 18.1 Å². The van der Waals surface area contributed by atoms with Crippen molar-refractivity contribution in [2.24, 2.45) is 0 Å². The summed E-state index contributed by atoms with van der Waals surface area (Å²) in [7, 11) is 1.45. The molecule has 1 fully saturated rings. The zero-order chi connectivity index (χ0) is 17.7. The number of halogens is 1. The number of esters is 1. The van der Waals surface area contributed by atoms with Crippen LogP contribution in [0.3, 0.4) is 0 Å². The molecule has 0 radical (unpaired) electrons. The van der Waals surface area contributed by atoms with E-state index in [2.05, 4.69) is 21.2 Å². The van der Waals surface area contributed by atoms with Crippen LogP contribution in [0.5, 0.6) is 11.5 Å². The first-order valence-electron chi connectivity index (χ1n) is 6.85. The van der Waals surface area contributed by atoms with Crippen molar-refractivity contribution in [2.45, 2.75) is 6.92 Å². The number of carbonyl (C=O) groups excluding carboxylic acids is 3. The number of carbonyl (C=O) groups is 3. The molecule has 1 N–H and O–H groups in total. The van der Waals surface area contributed by atoms with E-state index in [4.69, 9.17) is 14.2 Å². The second-order valence-corrected chi connectivity index (χ2v) is 6.35. The van der Waals surface area contributed by atoms with Gasteiger partial charge < -0.3 is 14.2 Å². The first-order chi connectivity index (χ1) is 11.4. The Morgan fingerprint density at radius 2 is 2.12 bits per heavy atom. The van der Waals surface area contributed by atoms with Gasteiger partial charge in [0.25, 0.3) is 11.1 Å². The van der Waals surface area contributed by atoms with E-state index < -0.39 is 17.1 Å². The fourth-order valence-electron chi connectivity index (χ4n) is 1.87. The fourth-order valence-corrected chi connectivity index (χ4v) is 3.13. The van der Waals surface area contributed by atoms with Crippen LogP contribution in [0, 0.1) is 0 Å². The molecule has 0 unspecified atom stereocenters. The molecule has 1 aromatic rings. The summed E-state index contributed by atoms with van der Waals surface area (Å²) in [5.41, 5.74) is 0.634. The second kappa shape index (κ2) is 8.20. The summed E-state index contributed by atoms with van der Waals surface area (Å²) in [4.78, 5) is 34.5. The van der Waals surface area contributed by atoms with E-state index in [0.29, 0.717) is 21.5 Å². The number of imide groups is 1. The molecule has 1 heterocycles. The normalized spacial score (nSPS) is 15.4. The summed E-state index contributed by atoms with van der Waals surface area (Å²) in [6, 6.07) is 3.32. The summed E-state index contributed by atoms with van der Waals surface area (Å²) in [6.45, 7) is 1.72. The van der Waals surface area contributed by atoms with E-state index in [9.17, 15) is 14.4 Å². The van der Waals surface area contributed by atoms with E-state index in [-0.39, 0.29) is 18.1 Å². The largest absolute Gasteiger partial charge is 0.493 e. The zero-order valence-corrected chi connectivity index (χ0v) is 15.3. The highest BCUT2D eigenvalue weighted by atomic mass is 79.9. The van der Waals surface area contributed by atoms with Crippen LogP contribution in [0.25, 0.3) is 6.08 Å². The first kappa shape index (κ1) is 18.3. The Balaban J connectivity index is 2.24. The second-order valence-electron chi connectivity index (χ2n) is 4.48. The lowest BCUT2D eigenvalue weighted by Crippen LogP contribution is -2.17. The predicted molar refractivity (Wildman–Crippen MR) is 91.9 cm³/mol. The number of ether oxygens (including phenoxy) is 3. The van der Waals surface area contributed by atoms with Gasteiger partial charge in [0.1, 0.15) is 0 Å². The summed E-state index contributed by atoms with van der Waals surface area (Å²) >= 11 is 4.17. The van der Waals surface area contributed by atoms with Crippen molar-refractivity contribution in [3.05, 3.63) is 27.1 Å². The molecule has 0 saturated carbocycles. The third kappa shape index (κ3) is 4.51. The predicted octanol–water partition coefficient (Wildman–Crippen LogP) is 2.72. The van der Waals surface area contributed by atoms with Crippen molar-refractivity contribution in [1.82, 2.24) is 5.32 Å². The summed E-state index contributed by atoms with van der Waals surface area (Å²) < 4.78 is 16.0. The topological polar surface area (TPSA) is 90.9 Å². The molecule has 24 heavy (non-hydrogen) atoms. The molecule has 0 spiro atoms. The highest BCUT2D eigenvalue weighted by Crippen LogP contribution is 2.38. The quantitative estimate of drug-likeness (QED) is 0.563.